The lowest BCUT2D eigenvalue weighted by Crippen LogP contribution is -2.34. The summed E-state index contributed by atoms with van der Waals surface area (Å²) in [4.78, 5) is 27.7. The van der Waals surface area contributed by atoms with Gasteiger partial charge in [-0.15, -0.1) is 0 Å². The molecule has 0 saturated carbocycles. The van der Waals surface area contributed by atoms with Gasteiger partial charge in [-0.1, -0.05) is 0 Å². The molecule has 2 N–H and O–H groups in total. The fourth-order valence-corrected chi connectivity index (χ4v) is 2.20. The number of carboxylic acid groups (broad SMARTS) is 1. The van der Waals surface area contributed by atoms with Crippen LogP contribution in [-0.2, 0) is 4.79 Å². The van der Waals surface area contributed by atoms with Gasteiger partial charge >= 0.3 is 5.97 Å². The second kappa shape index (κ2) is 6.03. The third-order valence-electron chi connectivity index (χ3n) is 3.32. The lowest BCUT2D eigenvalue weighted by molar-refractivity contribution is -0.139. The highest BCUT2D eigenvalue weighted by molar-refractivity contribution is 6.01. The first-order chi connectivity index (χ1) is 11.5. The van der Waals surface area contributed by atoms with Gasteiger partial charge in [0, 0.05) is 18.0 Å². The number of carbonyl (C=O) groups excluding carboxylic acids is 1. The van der Waals surface area contributed by atoms with Crippen molar-refractivity contribution < 1.29 is 23.5 Å². The minimum atomic E-state index is -1.76. The molecule has 9 heteroatoms. The highest BCUT2D eigenvalue weighted by Crippen LogP contribution is 2.20. The lowest BCUT2D eigenvalue weighted by Gasteiger charge is -2.15. The number of hydrogen-bond acceptors (Lipinski definition) is 4. The number of nitrogens with one attached hydrogen (secondary N) is 1. The number of aromatic nitrogens is 3. The van der Waals surface area contributed by atoms with Crippen molar-refractivity contribution in [2.24, 2.45) is 0 Å². The number of aliphatic carboxylic acids is 1. The average Bonchev–Trinajstić information content (AvgIpc) is 2.99. The first-order valence-electron chi connectivity index (χ1n) is 6.74. The third-order valence-corrected chi connectivity index (χ3v) is 3.32. The summed E-state index contributed by atoms with van der Waals surface area (Å²) >= 11 is 0. The van der Waals surface area contributed by atoms with Gasteiger partial charge in [0.05, 0.1) is 6.20 Å². The summed E-state index contributed by atoms with van der Waals surface area (Å²) in [5.41, 5.74) is -0.266. The van der Waals surface area contributed by atoms with Crippen molar-refractivity contribution in [2.45, 2.75) is 6.04 Å². The molecule has 3 aromatic rings. The van der Waals surface area contributed by atoms with Crippen LogP contribution in [0.4, 0.5) is 8.78 Å². The molecule has 1 amide bonds. The number of amides is 1. The smallest absolute Gasteiger partial charge is 0.331 e. The van der Waals surface area contributed by atoms with E-state index in [9.17, 15) is 23.5 Å². The summed E-state index contributed by atoms with van der Waals surface area (Å²) in [6.45, 7) is 0. The molecule has 0 fully saturated rings. The van der Waals surface area contributed by atoms with Gasteiger partial charge in [0.25, 0.3) is 5.91 Å². The number of benzene rings is 1. The maximum atomic E-state index is 13.8. The van der Waals surface area contributed by atoms with Gasteiger partial charge in [0.2, 0.25) is 0 Å². The number of hydrogen-bond donors (Lipinski definition) is 2. The molecule has 1 unspecified atom stereocenters. The van der Waals surface area contributed by atoms with Crippen molar-refractivity contribution in [2.75, 3.05) is 0 Å². The number of halogens is 2. The van der Waals surface area contributed by atoms with Crippen LogP contribution in [0, 0.1) is 11.6 Å². The molecule has 0 aliphatic rings. The Balaban J connectivity index is 1.95. The van der Waals surface area contributed by atoms with Crippen LogP contribution in [0.5, 0.6) is 0 Å². The Bertz CT molecular complexity index is 941. The van der Waals surface area contributed by atoms with Crippen LogP contribution in [0.15, 0.2) is 42.9 Å². The molecule has 0 aliphatic carbocycles. The van der Waals surface area contributed by atoms with E-state index >= 15 is 0 Å². The van der Waals surface area contributed by atoms with E-state index in [-0.39, 0.29) is 11.2 Å². The Labute approximate surface area is 133 Å². The molecule has 2 heterocycles. The third kappa shape index (κ3) is 2.78. The van der Waals surface area contributed by atoms with E-state index in [1.807, 2.05) is 0 Å². The topological polar surface area (TPSA) is 96.6 Å². The number of fused-ring (bicyclic) bond motifs is 1. The summed E-state index contributed by atoms with van der Waals surface area (Å²) in [5.74, 6) is -4.11. The van der Waals surface area contributed by atoms with Gasteiger partial charge in [-0.3, -0.25) is 4.79 Å². The van der Waals surface area contributed by atoms with Crippen LogP contribution < -0.4 is 5.32 Å². The van der Waals surface area contributed by atoms with Crippen LogP contribution in [0.25, 0.3) is 5.65 Å². The zero-order valence-corrected chi connectivity index (χ0v) is 12.0. The first kappa shape index (κ1) is 15.5. The molecule has 3 rings (SSSR count). The summed E-state index contributed by atoms with van der Waals surface area (Å²) < 4.78 is 28.4. The Hall–Kier alpha value is -3.36. The molecule has 7 nitrogen and oxygen atoms in total. The molecule has 122 valence electrons. The van der Waals surface area contributed by atoms with Crippen LogP contribution >= 0.6 is 0 Å². The summed E-state index contributed by atoms with van der Waals surface area (Å²) in [7, 11) is 0. The van der Waals surface area contributed by atoms with Crippen molar-refractivity contribution >= 4 is 17.5 Å². The zero-order valence-electron chi connectivity index (χ0n) is 12.0. The van der Waals surface area contributed by atoms with Crippen molar-refractivity contribution in [3.8, 4) is 0 Å². The fraction of sp³-hybridized carbons (Fsp3) is 0.0667. The summed E-state index contributed by atoms with van der Waals surface area (Å²) in [5, 5.41) is 15.3. The van der Waals surface area contributed by atoms with E-state index in [0.717, 1.165) is 18.2 Å². The Kier molecular flexibility index (Phi) is 3.90. The van der Waals surface area contributed by atoms with Crippen molar-refractivity contribution in [1.82, 2.24) is 19.9 Å². The van der Waals surface area contributed by atoms with E-state index < -0.39 is 35.1 Å². The minimum absolute atomic E-state index is 0.0126. The quantitative estimate of drug-likeness (QED) is 0.756. The minimum Gasteiger partial charge on any atom is -0.479 e. The van der Waals surface area contributed by atoms with Crippen molar-refractivity contribution in [1.29, 1.82) is 0 Å². The Morgan fingerprint density at radius 2 is 2.08 bits per heavy atom. The Morgan fingerprint density at radius 1 is 1.29 bits per heavy atom. The molecule has 2 aromatic heterocycles. The molecule has 1 atom stereocenters. The molecule has 0 aliphatic heterocycles. The Morgan fingerprint density at radius 3 is 2.83 bits per heavy atom. The molecule has 0 bridgehead atoms. The molecule has 1 aromatic carbocycles. The number of carboxylic acids is 1. The SMILES string of the molecule is O=C(NC(C(=O)O)c1cc(F)ccc1F)c1cnn2cccnc12. The van der Waals surface area contributed by atoms with Crippen LogP contribution in [0.1, 0.15) is 22.0 Å². The van der Waals surface area contributed by atoms with E-state index in [0.29, 0.717) is 0 Å². The molecule has 0 saturated heterocycles. The van der Waals surface area contributed by atoms with E-state index in [2.05, 4.69) is 15.4 Å². The highest BCUT2D eigenvalue weighted by atomic mass is 19.1. The van der Waals surface area contributed by atoms with Crippen LogP contribution in [-0.4, -0.2) is 31.6 Å². The van der Waals surface area contributed by atoms with Crippen molar-refractivity contribution in [3.63, 3.8) is 0 Å². The van der Waals surface area contributed by atoms with Crippen molar-refractivity contribution in [3.05, 3.63) is 65.6 Å². The predicted molar refractivity (Wildman–Crippen MR) is 77.2 cm³/mol. The van der Waals surface area contributed by atoms with Gasteiger partial charge in [-0.05, 0) is 24.3 Å². The van der Waals surface area contributed by atoms with E-state index in [1.165, 1.54) is 16.9 Å². The maximum absolute atomic E-state index is 13.8. The average molecular weight is 332 g/mol. The molecular weight excluding hydrogens is 322 g/mol. The van der Waals surface area contributed by atoms with E-state index in [4.69, 9.17) is 0 Å². The van der Waals surface area contributed by atoms with Crippen LogP contribution in [0.2, 0.25) is 0 Å². The number of rotatable bonds is 4. The maximum Gasteiger partial charge on any atom is 0.331 e. The molecule has 0 radical (unpaired) electrons. The largest absolute Gasteiger partial charge is 0.479 e. The monoisotopic (exact) mass is 332 g/mol. The van der Waals surface area contributed by atoms with Crippen LogP contribution in [0.3, 0.4) is 0 Å². The van der Waals surface area contributed by atoms with Gasteiger partial charge in [-0.25, -0.2) is 23.1 Å². The predicted octanol–water partition coefficient (Wildman–Crippen LogP) is 1.56. The zero-order chi connectivity index (χ0) is 17.3. The fourth-order valence-electron chi connectivity index (χ4n) is 2.20. The normalized spacial score (nSPS) is 12.1. The molecule has 0 spiro atoms. The number of carbonyl (C=O) groups is 2. The van der Waals surface area contributed by atoms with Gasteiger partial charge in [0.15, 0.2) is 11.7 Å². The molecular formula is C15H10F2N4O3. The van der Waals surface area contributed by atoms with Gasteiger partial charge < -0.3 is 10.4 Å². The van der Waals surface area contributed by atoms with E-state index in [1.54, 1.807) is 12.3 Å². The second-order valence-corrected chi connectivity index (χ2v) is 4.86. The summed E-state index contributed by atoms with van der Waals surface area (Å²) in [6.07, 6.45) is 4.20. The standard InChI is InChI=1S/C15H10F2N4O3/c16-8-2-3-11(17)9(6-8)12(15(23)24)20-14(22)10-7-19-21-5-1-4-18-13(10)21/h1-7,12H,(H,20,22)(H,23,24). The van der Waals surface area contributed by atoms with Gasteiger partial charge in [0.1, 0.15) is 17.2 Å². The number of nitrogens with zero attached hydrogens (tertiary/aromatic N) is 3. The van der Waals surface area contributed by atoms with Gasteiger partial charge in [-0.2, -0.15) is 5.10 Å². The highest BCUT2D eigenvalue weighted by Gasteiger charge is 2.27. The summed E-state index contributed by atoms with van der Waals surface area (Å²) in [6, 6.07) is 2.22. The first-order valence-corrected chi connectivity index (χ1v) is 6.74. The second-order valence-electron chi connectivity index (χ2n) is 4.86. The molecule has 24 heavy (non-hydrogen) atoms. The lowest BCUT2D eigenvalue weighted by atomic mass is 10.1.